The van der Waals surface area contributed by atoms with Gasteiger partial charge in [-0.15, -0.1) is 0 Å². The van der Waals surface area contributed by atoms with Gasteiger partial charge in [0.1, 0.15) is 18.1 Å². The van der Waals surface area contributed by atoms with Crippen LogP contribution >= 0.6 is 0 Å². The highest BCUT2D eigenvalue weighted by molar-refractivity contribution is 5.95. The number of aromatic nitrogens is 1. The number of rotatable bonds is 4. The Morgan fingerprint density at radius 3 is 2.92 bits per heavy atom. The molecule has 0 saturated carbocycles. The Kier molecular flexibility index (Phi) is 4.50. The van der Waals surface area contributed by atoms with Crippen LogP contribution in [0.25, 0.3) is 0 Å². The highest BCUT2D eigenvalue weighted by Gasteiger charge is 2.36. The summed E-state index contributed by atoms with van der Waals surface area (Å²) in [6.45, 7) is 2.36. The number of carbonyl (C=O) groups is 2. The normalized spacial score (nSPS) is 16.9. The predicted octanol–water partition coefficient (Wildman–Crippen LogP) is 2.29. The maximum Gasteiger partial charge on any atom is 0.331 e. The van der Waals surface area contributed by atoms with Gasteiger partial charge in [0.25, 0.3) is 5.91 Å². The van der Waals surface area contributed by atoms with Crippen LogP contribution in [0.2, 0.25) is 0 Å². The summed E-state index contributed by atoms with van der Waals surface area (Å²) in [4.78, 5) is 25.9. The molecule has 7 nitrogen and oxygen atoms in total. The van der Waals surface area contributed by atoms with E-state index in [1.807, 2.05) is 6.92 Å². The summed E-state index contributed by atoms with van der Waals surface area (Å²) >= 11 is 0. The summed E-state index contributed by atoms with van der Waals surface area (Å²) in [6.07, 6.45) is 1.54. The maximum absolute atomic E-state index is 12.8. The van der Waals surface area contributed by atoms with Crippen molar-refractivity contribution in [2.75, 3.05) is 13.2 Å². The fourth-order valence-electron chi connectivity index (χ4n) is 2.80. The van der Waals surface area contributed by atoms with Gasteiger partial charge in [0.05, 0.1) is 6.54 Å². The van der Waals surface area contributed by atoms with E-state index in [4.69, 9.17) is 9.26 Å². The minimum Gasteiger partial charge on any atom is -0.491 e. The average Bonchev–Trinajstić information content (AvgIpc) is 2.94. The van der Waals surface area contributed by atoms with Gasteiger partial charge >= 0.3 is 5.97 Å². The Hall–Kier alpha value is -2.83. The molecule has 1 aromatic heterocycles. The van der Waals surface area contributed by atoms with E-state index in [1.165, 1.54) is 4.90 Å². The summed E-state index contributed by atoms with van der Waals surface area (Å²) in [5.74, 6) is -0.501. The Bertz CT molecular complexity index is 755. The number of carboxylic acid groups (broad SMARTS) is 1. The lowest BCUT2D eigenvalue weighted by atomic mass is 10.0. The van der Waals surface area contributed by atoms with Gasteiger partial charge in [-0.1, -0.05) is 30.3 Å². The van der Waals surface area contributed by atoms with E-state index in [-0.39, 0.29) is 18.8 Å². The highest BCUT2D eigenvalue weighted by Crippen LogP contribution is 2.33. The molecule has 1 amide bonds. The van der Waals surface area contributed by atoms with Crippen LogP contribution < -0.4 is 4.74 Å². The largest absolute Gasteiger partial charge is 0.491 e. The molecule has 126 valence electrons. The molecule has 1 aliphatic heterocycles. The first-order valence-corrected chi connectivity index (χ1v) is 7.83. The Morgan fingerprint density at radius 1 is 1.38 bits per heavy atom. The van der Waals surface area contributed by atoms with Crippen molar-refractivity contribution in [3.05, 3.63) is 47.3 Å². The van der Waals surface area contributed by atoms with Crippen molar-refractivity contribution >= 4 is 11.9 Å². The van der Waals surface area contributed by atoms with Crippen molar-refractivity contribution in [3.8, 4) is 5.75 Å². The van der Waals surface area contributed by atoms with Gasteiger partial charge in [0.15, 0.2) is 11.7 Å². The molecule has 0 fully saturated rings. The third kappa shape index (κ3) is 2.97. The number of ether oxygens (including phenoxy) is 1. The molecule has 0 saturated heterocycles. The van der Waals surface area contributed by atoms with Gasteiger partial charge in [-0.25, -0.2) is 4.79 Å². The number of fused-ring (bicyclic) bond motifs is 1. The predicted molar refractivity (Wildman–Crippen MR) is 83.8 cm³/mol. The van der Waals surface area contributed by atoms with E-state index in [1.54, 1.807) is 30.3 Å². The standard InChI is InChI=1S/C17H18N2O5/c1-2-5-11-10-13(18-24-11)16(20)19-8-9-23-14-7-4-3-6-12(14)15(19)17(21)22/h3-4,6-7,10,15H,2,5,8-9H2,1H3,(H,21,22). The molecule has 0 bridgehead atoms. The molecule has 1 N–H and O–H groups in total. The molecule has 2 heterocycles. The van der Waals surface area contributed by atoms with E-state index in [0.29, 0.717) is 23.5 Å². The van der Waals surface area contributed by atoms with Gasteiger partial charge in [-0.3, -0.25) is 4.79 Å². The Morgan fingerprint density at radius 2 is 2.17 bits per heavy atom. The molecule has 1 unspecified atom stereocenters. The molecule has 24 heavy (non-hydrogen) atoms. The lowest BCUT2D eigenvalue weighted by molar-refractivity contribution is -0.142. The molecule has 1 atom stereocenters. The first kappa shape index (κ1) is 16.0. The number of hydrogen-bond donors (Lipinski definition) is 1. The van der Waals surface area contributed by atoms with Crippen molar-refractivity contribution in [1.82, 2.24) is 10.1 Å². The van der Waals surface area contributed by atoms with E-state index < -0.39 is 17.9 Å². The third-order valence-electron chi connectivity index (χ3n) is 3.88. The number of benzene rings is 1. The van der Waals surface area contributed by atoms with E-state index in [2.05, 4.69) is 5.16 Å². The van der Waals surface area contributed by atoms with Crippen LogP contribution in [0.15, 0.2) is 34.9 Å². The van der Waals surface area contributed by atoms with Gasteiger partial charge < -0.3 is 19.3 Å². The van der Waals surface area contributed by atoms with Crippen molar-refractivity contribution in [3.63, 3.8) is 0 Å². The van der Waals surface area contributed by atoms with Crippen molar-refractivity contribution < 1.29 is 24.0 Å². The second kappa shape index (κ2) is 6.74. The van der Waals surface area contributed by atoms with E-state index >= 15 is 0 Å². The van der Waals surface area contributed by atoms with Crippen molar-refractivity contribution in [2.24, 2.45) is 0 Å². The second-order valence-electron chi connectivity index (χ2n) is 5.55. The topological polar surface area (TPSA) is 92.9 Å². The van der Waals surface area contributed by atoms with Crippen LogP contribution in [0, 0.1) is 0 Å². The average molecular weight is 330 g/mol. The molecule has 1 aromatic carbocycles. The lowest BCUT2D eigenvalue weighted by Crippen LogP contribution is -2.40. The molecule has 3 rings (SSSR count). The zero-order chi connectivity index (χ0) is 17.1. The smallest absolute Gasteiger partial charge is 0.331 e. The molecule has 0 radical (unpaired) electrons. The van der Waals surface area contributed by atoms with Crippen molar-refractivity contribution in [2.45, 2.75) is 25.8 Å². The van der Waals surface area contributed by atoms with Crippen LogP contribution in [-0.2, 0) is 11.2 Å². The van der Waals surface area contributed by atoms with Crippen molar-refractivity contribution in [1.29, 1.82) is 0 Å². The summed E-state index contributed by atoms with van der Waals surface area (Å²) in [6, 6.07) is 7.30. The number of carboxylic acids is 1. The highest BCUT2D eigenvalue weighted by atomic mass is 16.5. The molecule has 7 heteroatoms. The SMILES string of the molecule is CCCc1cc(C(=O)N2CCOc3ccccc3C2C(=O)O)no1. The number of para-hydroxylation sites is 1. The van der Waals surface area contributed by atoms with Gasteiger partial charge in [0, 0.05) is 18.1 Å². The minimum atomic E-state index is -1.12. The minimum absolute atomic E-state index is 0.115. The lowest BCUT2D eigenvalue weighted by Gasteiger charge is -2.25. The fraction of sp³-hybridized carbons (Fsp3) is 0.353. The molecule has 1 aliphatic rings. The molecule has 2 aromatic rings. The van der Waals surface area contributed by atoms with Gasteiger partial charge in [0.2, 0.25) is 0 Å². The number of carbonyl (C=O) groups excluding carboxylic acids is 1. The summed E-state index contributed by atoms with van der Waals surface area (Å²) in [7, 11) is 0. The maximum atomic E-state index is 12.8. The van der Waals surface area contributed by atoms with Crippen LogP contribution in [-0.4, -0.2) is 40.2 Å². The van der Waals surface area contributed by atoms with E-state index in [0.717, 1.165) is 6.42 Å². The van der Waals surface area contributed by atoms with Crippen LogP contribution in [0.1, 0.15) is 41.2 Å². The van der Waals surface area contributed by atoms with Gasteiger partial charge in [-0.05, 0) is 12.5 Å². The second-order valence-corrected chi connectivity index (χ2v) is 5.55. The van der Waals surface area contributed by atoms with Crippen LogP contribution in [0.3, 0.4) is 0 Å². The zero-order valence-corrected chi connectivity index (χ0v) is 13.3. The monoisotopic (exact) mass is 330 g/mol. The molecular formula is C17H18N2O5. The zero-order valence-electron chi connectivity index (χ0n) is 13.3. The first-order chi connectivity index (χ1) is 11.6. The molecule has 0 spiro atoms. The van der Waals surface area contributed by atoms with Gasteiger partial charge in [-0.2, -0.15) is 0 Å². The first-order valence-electron chi connectivity index (χ1n) is 7.83. The number of nitrogens with zero attached hydrogens (tertiary/aromatic N) is 2. The van der Waals surface area contributed by atoms with Crippen LogP contribution in [0.4, 0.5) is 0 Å². The summed E-state index contributed by atoms with van der Waals surface area (Å²) in [5, 5.41) is 13.5. The third-order valence-corrected chi connectivity index (χ3v) is 3.88. The number of aliphatic carboxylic acids is 1. The Labute approximate surface area is 138 Å². The summed E-state index contributed by atoms with van der Waals surface area (Å²) in [5.41, 5.74) is 0.567. The molecular weight excluding hydrogens is 312 g/mol. The number of amides is 1. The number of aryl methyl sites for hydroxylation is 1. The molecule has 0 aliphatic carbocycles. The van der Waals surface area contributed by atoms with Crippen LogP contribution in [0.5, 0.6) is 5.75 Å². The quantitative estimate of drug-likeness (QED) is 0.924. The van der Waals surface area contributed by atoms with E-state index in [9.17, 15) is 14.7 Å². The summed E-state index contributed by atoms with van der Waals surface area (Å²) < 4.78 is 10.7. The Balaban J connectivity index is 1.95. The fourth-order valence-corrected chi connectivity index (χ4v) is 2.80. The number of hydrogen-bond acceptors (Lipinski definition) is 5.